The third-order valence-electron chi connectivity index (χ3n) is 3.42. The first-order valence-corrected chi connectivity index (χ1v) is 6.80. The van der Waals surface area contributed by atoms with E-state index in [9.17, 15) is 0 Å². The fourth-order valence-electron chi connectivity index (χ4n) is 2.25. The summed E-state index contributed by atoms with van der Waals surface area (Å²) >= 11 is 0. The highest BCUT2D eigenvalue weighted by atomic mass is 16.5. The minimum atomic E-state index is 0.699. The Kier molecular flexibility index (Phi) is 4.57. The summed E-state index contributed by atoms with van der Waals surface area (Å²) in [6.45, 7) is 2.66. The van der Waals surface area contributed by atoms with Crippen LogP contribution in [0, 0.1) is 6.92 Å². The molecular weight excluding hydrogens is 268 g/mol. The van der Waals surface area contributed by atoms with Crippen LogP contribution in [0.5, 0.6) is 11.5 Å². The fourth-order valence-corrected chi connectivity index (χ4v) is 2.25. The third-order valence-corrected chi connectivity index (χ3v) is 3.42. The average molecular weight is 290 g/mol. The van der Waals surface area contributed by atoms with Crippen LogP contribution in [0.2, 0.25) is 0 Å². The highest BCUT2D eigenvalue weighted by Gasteiger charge is 2.09. The Labute approximate surface area is 124 Å². The number of nitrogens with one attached hydrogen (secondary N) is 1. The smallest absolute Gasteiger partial charge is 0.160 e. The van der Waals surface area contributed by atoms with Gasteiger partial charge < -0.3 is 20.5 Å². The monoisotopic (exact) mass is 290 g/mol. The minimum absolute atomic E-state index is 0.699. The fraction of sp³-hybridized carbons (Fsp3) is 0.400. The Morgan fingerprint density at radius 2 is 1.95 bits per heavy atom. The molecule has 0 spiro atoms. The summed E-state index contributed by atoms with van der Waals surface area (Å²) in [4.78, 5) is 0. The summed E-state index contributed by atoms with van der Waals surface area (Å²) < 4.78 is 12.3. The maximum Gasteiger partial charge on any atom is 0.160 e. The second-order valence-corrected chi connectivity index (χ2v) is 4.84. The van der Waals surface area contributed by atoms with Gasteiger partial charge in [0, 0.05) is 13.6 Å². The molecule has 0 bridgehead atoms. The van der Waals surface area contributed by atoms with Crippen molar-refractivity contribution in [2.75, 3.05) is 31.8 Å². The van der Waals surface area contributed by atoms with Crippen LogP contribution in [0.3, 0.4) is 0 Å². The lowest BCUT2D eigenvalue weighted by Crippen LogP contribution is -2.10. The number of nitrogen functional groups attached to an aromatic ring is 1. The van der Waals surface area contributed by atoms with Gasteiger partial charge in [0.05, 0.1) is 25.6 Å². The Morgan fingerprint density at radius 1 is 1.24 bits per heavy atom. The summed E-state index contributed by atoms with van der Waals surface area (Å²) in [5.41, 5.74) is 8.69. The van der Waals surface area contributed by atoms with E-state index in [1.54, 1.807) is 18.9 Å². The van der Waals surface area contributed by atoms with Crippen molar-refractivity contribution < 1.29 is 9.47 Å². The van der Waals surface area contributed by atoms with Crippen LogP contribution in [-0.2, 0) is 13.5 Å². The maximum absolute atomic E-state index is 5.98. The van der Waals surface area contributed by atoms with Crippen LogP contribution in [0.15, 0.2) is 18.2 Å². The first-order valence-electron chi connectivity index (χ1n) is 6.80. The van der Waals surface area contributed by atoms with Crippen molar-refractivity contribution in [3.05, 3.63) is 29.5 Å². The van der Waals surface area contributed by atoms with Gasteiger partial charge in [-0.2, -0.15) is 5.10 Å². The molecule has 0 amide bonds. The molecule has 114 valence electrons. The van der Waals surface area contributed by atoms with E-state index in [2.05, 4.69) is 10.4 Å². The van der Waals surface area contributed by atoms with Gasteiger partial charge in [0.2, 0.25) is 0 Å². The summed E-state index contributed by atoms with van der Waals surface area (Å²) in [6, 6.07) is 5.93. The molecule has 0 saturated carbocycles. The molecule has 0 radical (unpaired) electrons. The normalized spacial score (nSPS) is 10.5. The quantitative estimate of drug-likeness (QED) is 0.851. The van der Waals surface area contributed by atoms with E-state index in [1.165, 1.54) is 0 Å². The molecule has 0 unspecified atom stereocenters. The summed E-state index contributed by atoms with van der Waals surface area (Å²) in [6.07, 6.45) is 0.851. The zero-order chi connectivity index (χ0) is 15.4. The maximum atomic E-state index is 5.98. The molecular formula is C15H22N4O2. The Morgan fingerprint density at radius 3 is 2.52 bits per heavy atom. The van der Waals surface area contributed by atoms with E-state index in [4.69, 9.17) is 15.2 Å². The number of nitrogens with two attached hydrogens (primary N) is 1. The lowest BCUT2D eigenvalue weighted by Gasteiger charge is -2.11. The summed E-state index contributed by atoms with van der Waals surface area (Å²) in [7, 11) is 5.15. The largest absolute Gasteiger partial charge is 0.493 e. The van der Waals surface area contributed by atoms with E-state index >= 15 is 0 Å². The van der Waals surface area contributed by atoms with E-state index in [0.717, 1.165) is 41.5 Å². The number of aryl methyl sites for hydroxylation is 2. The molecule has 21 heavy (non-hydrogen) atoms. The van der Waals surface area contributed by atoms with Gasteiger partial charge in [0.25, 0.3) is 0 Å². The van der Waals surface area contributed by atoms with Gasteiger partial charge >= 0.3 is 0 Å². The number of hydrogen-bond donors (Lipinski definition) is 2. The Hall–Kier alpha value is -2.37. The van der Waals surface area contributed by atoms with Gasteiger partial charge in [0.1, 0.15) is 5.82 Å². The molecule has 3 N–H and O–H groups in total. The van der Waals surface area contributed by atoms with Crippen LogP contribution in [0.4, 0.5) is 11.5 Å². The molecule has 2 aromatic rings. The lowest BCUT2D eigenvalue weighted by atomic mass is 10.1. The molecule has 2 rings (SSSR count). The van der Waals surface area contributed by atoms with Crippen molar-refractivity contribution in [3.63, 3.8) is 0 Å². The number of benzene rings is 1. The number of methoxy groups -OCH3 is 2. The minimum Gasteiger partial charge on any atom is -0.493 e. The first-order chi connectivity index (χ1) is 10.1. The van der Waals surface area contributed by atoms with Crippen molar-refractivity contribution in [3.8, 4) is 11.5 Å². The standard InChI is InChI=1S/C15H22N4O2/c1-10-14(16)15(19(2)18-10)17-8-7-11-5-6-12(20-3)13(9-11)21-4/h5-6,9,17H,7-8,16H2,1-4H3. The highest BCUT2D eigenvalue weighted by molar-refractivity contribution is 5.64. The molecule has 0 fully saturated rings. The van der Waals surface area contributed by atoms with Crippen LogP contribution in [0.25, 0.3) is 0 Å². The molecule has 0 aliphatic carbocycles. The number of anilines is 2. The van der Waals surface area contributed by atoms with E-state index in [0.29, 0.717) is 5.69 Å². The van der Waals surface area contributed by atoms with Crippen molar-refractivity contribution in [2.24, 2.45) is 7.05 Å². The molecule has 0 aliphatic heterocycles. The number of ether oxygens (including phenoxy) is 2. The average Bonchev–Trinajstić information content (AvgIpc) is 2.73. The zero-order valence-corrected chi connectivity index (χ0v) is 12.9. The van der Waals surface area contributed by atoms with Crippen LogP contribution in [0.1, 0.15) is 11.3 Å². The summed E-state index contributed by atoms with van der Waals surface area (Å²) in [5.74, 6) is 2.33. The molecule has 1 aromatic carbocycles. The van der Waals surface area contributed by atoms with Crippen LogP contribution >= 0.6 is 0 Å². The van der Waals surface area contributed by atoms with Crippen molar-refractivity contribution in [1.29, 1.82) is 0 Å². The van der Waals surface area contributed by atoms with Gasteiger partial charge in [-0.25, -0.2) is 0 Å². The van der Waals surface area contributed by atoms with Crippen molar-refractivity contribution in [1.82, 2.24) is 9.78 Å². The van der Waals surface area contributed by atoms with E-state index in [-0.39, 0.29) is 0 Å². The predicted molar refractivity (Wildman–Crippen MR) is 84.1 cm³/mol. The topological polar surface area (TPSA) is 74.3 Å². The van der Waals surface area contributed by atoms with Gasteiger partial charge in [-0.3, -0.25) is 4.68 Å². The van der Waals surface area contributed by atoms with Crippen LogP contribution in [-0.4, -0.2) is 30.5 Å². The molecule has 0 aliphatic rings. The Balaban J connectivity index is 2.00. The van der Waals surface area contributed by atoms with Crippen LogP contribution < -0.4 is 20.5 Å². The molecule has 6 nitrogen and oxygen atoms in total. The summed E-state index contributed by atoms with van der Waals surface area (Å²) in [5, 5.41) is 7.60. The van der Waals surface area contributed by atoms with Gasteiger partial charge in [-0.15, -0.1) is 0 Å². The second-order valence-electron chi connectivity index (χ2n) is 4.84. The van der Waals surface area contributed by atoms with Gasteiger partial charge in [-0.05, 0) is 31.0 Å². The SMILES string of the molecule is COc1ccc(CCNc2c(N)c(C)nn2C)cc1OC. The molecule has 1 aromatic heterocycles. The zero-order valence-electron chi connectivity index (χ0n) is 12.9. The predicted octanol–water partition coefficient (Wildman–Crippen LogP) is 1.98. The van der Waals surface area contributed by atoms with E-state index in [1.807, 2.05) is 32.2 Å². The van der Waals surface area contributed by atoms with Crippen molar-refractivity contribution >= 4 is 11.5 Å². The van der Waals surface area contributed by atoms with Crippen molar-refractivity contribution in [2.45, 2.75) is 13.3 Å². The molecule has 1 heterocycles. The second kappa shape index (κ2) is 6.39. The third kappa shape index (κ3) is 3.21. The van der Waals surface area contributed by atoms with E-state index < -0.39 is 0 Å². The number of hydrogen-bond acceptors (Lipinski definition) is 5. The van der Waals surface area contributed by atoms with Gasteiger partial charge in [-0.1, -0.05) is 6.07 Å². The number of rotatable bonds is 6. The first kappa shape index (κ1) is 15.0. The highest BCUT2D eigenvalue weighted by Crippen LogP contribution is 2.28. The Bertz CT molecular complexity index is 622. The number of nitrogens with zero attached hydrogens (tertiary/aromatic N) is 2. The van der Waals surface area contributed by atoms with Gasteiger partial charge in [0.15, 0.2) is 11.5 Å². The molecule has 0 saturated heterocycles. The number of aromatic nitrogens is 2. The molecule has 0 atom stereocenters. The molecule has 6 heteroatoms. The lowest BCUT2D eigenvalue weighted by molar-refractivity contribution is 0.354.